The molecule has 8 heteroatoms. The molecule has 1 aliphatic heterocycles. The number of carbonyl (C=O) groups is 1. The third-order valence-electron chi connectivity index (χ3n) is 6.04. The Morgan fingerprint density at radius 1 is 0.971 bits per heavy atom. The van der Waals surface area contributed by atoms with Crippen LogP contribution in [0.5, 0.6) is 0 Å². The molecule has 186 valence electrons. The summed E-state index contributed by atoms with van der Waals surface area (Å²) in [5, 5.41) is 0. The van der Waals surface area contributed by atoms with Crippen molar-refractivity contribution in [1.29, 1.82) is 0 Å². The highest BCUT2D eigenvalue weighted by atomic mass is 32.2. The molecule has 0 aliphatic carbocycles. The predicted octanol–water partition coefficient (Wildman–Crippen LogP) is 4.60. The van der Waals surface area contributed by atoms with Crippen LogP contribution in [0.15, 0.2) is 72.8 Å². The van der Waals surface area contributed by atoms with E-state index in [1.54, 1.807) is 28.4 Å². The van der Waals surface area contributed by atoms with E-state index in [0.29, 0.717) is 25.3 Å². The van der Waals surface area contributed by atoms with E-state index in [9.17, 15) is 13.2 Å². The first-order valence-corrected chi connectivity index (χ1v) is 14.3. The molecule has 1 aromatic heterocycles. The molecule has 1 aliphatic rings. The molecule has 0 radical (unpaired) electrons. The summed E-state index contributed by atoms with van der Waals surface area (Å²) in [5.74, 6) is -0.356. The molecule has 2 aromatic carbocycles. The average Bonchev–Trinajstić information content (AvgIpc) is 3.51. The average molecular weight is 513 g/mol. The topological polar surface area (TPSA) is 66.9 Å². The van der Waals surface area contributed by atoms with E-state index in [0.717, 1.165) is 23.3 Å². The monoisotopic (exact) mass is 512 g/mol. The van der Waals surface area contributed by atoms with E-state index in [-0.39, 0.29) is 30.9 Å². The molecular formula is C27H32N2O4S2. The number of aryl methyl sites for hydroxylation is 1. The van der Waals surface area contributed by atoms with Crippen molar-refractivity contribution >= 4 is 27.3 Å². The van der Waals surface area contributed by atoms with Gasteiger partial charge in [0.1, 0.15) is 0 Å². The number of rotatable bonds is 11. The Kier molecular flexibility index (Phi) is 8.73. The van der Waals surface area contributed by atoms with Gasteiger partial charge in [0.15, 0.2) is 0 Å². The van der Waals surface area contributed by atoms with Crippen LogP contribution in [0.1, 0.15) is 33.7 Å². The summed E-state index contributed by atoms with van der Waals surface area (Å²) in [7, 11) is -3.72. The molecule has 1 unspecified atom stereocenters. The maximum atomic E-state index is 13.6. The van der Waals surface area contributed by atoms with E-state index in [1.165, 1.54) is 9.18 Å². The van der Waals surface area contributed by atoms with Gasteiger partial charge in [-0.1, -0.05) is 60.7 Å². The molecule has 3 aromatic rings. The van der Waals surface area contributed by atoms with Gasteiger partial charge in [0.25, 0.3) is 0 Å². The van der Waals surface area contributed by atoms with Crippen LogP contribution in [0.25, 0.3) is 0 Å². The summed E-state index contributed by atoms with van der Waals surface area (Å²) in [6.07, 6.45) is 1.52. The van der Waals surface area contributed by atoms with Crippen molar-refractivity contribution < 1.29 is 17.9 Å². The molecule has 0 N–H and O–H groups in total. The van der Waals surface area contributed by atoms with Crippen molar-refractivity contribution in [3.05, 3.63) is 93.7 Å². The second-order valence-electron chi connectivity index (χ2n) is 8.92. The SMILES string of the molecule is Cc1ccc(CN(Cc2ccccc2)C(=O)CN(CC2CCCO2)S(=O)(=O)Cc2ccccc2)s1. The van der Waals surface area contributed by atoms with Gasteiger partial charge < -0.3 is 9.64 Å². The van der Waals surface area contributed by atoms with Crippen LogP contribution in [0, 0.1) is 6.92 Å². The Labute approximate surface area is 212 Å². The Bertz CT molecular complexity index is 1190. The van der Waals surface area contributed by atoms with Crippen molar-refractivity contribution in [2.75, 3.05) is 19.7 Å². The molecular weight excluding hydrogens is 480 g/mol. The second-order valence-corrected chi connectivity index (χ2v) is 12.3. The minimum absolute atomic E-state index is 0.142. The maximum absolute atomic E-state index is 13.6. The fourth-order valence-corrected chi connectivity index (χ4v) is 6.62. The molecule has 35 heavy (non-hydrogen) atoms. The van der Waals surface area contributed by atoms with Crippen LogP contribution in [0.2, 0.25) is 0 Å². The second kappa shape index (κ2) is 11.9. The lowest BCUT2D eigenvalue weighted by Gasteiger charge is -2.28. The van der Waals surface area contributed by atoms with Crippen LogP contribution in [-0.2, 0) is 38.4 Å². The van der Waals surface area contributed by atoms with Gasteiger partial charge in [-0.05, 0) is 43.0 Å². The minimum atomic E-state index is -3.72. The minimum Gasteiger partial charge on any atom is -0.377 e. The van der Waals surface area contributed by atoms with E-state index in [1.807, 2.05) is 67.6 Å². The lowest BCUT2D eigenvalue weighted by Crippen LogP contribution is -2.45. The molecule has 6 nitrogen and oxygen atoms in total. The molecule has 1 amide bonds. The first-order chi connectivity index (χ1) is 16.9. The van der Waals surface area contributed by atoms with Gasteiger partial charge >= 0.3 is 0 Å². The standard InChI is InChI=1S/C27H32N2O4S2/c1-22-14-15-26(34-22)19-28(17-23-9-4-2-5-10-23)27(30)20-29(18-25-13-8-16-33-25)35(31,32)21-24-11-6-3-7-12-24/h2-7,9-12,14-15,25H,8,13,16-21H2,1H3. The van der Waals surface area contributed by atoms with Crippen molar-refractivity contribution in [2.45, 2.75) is 44.7 Å². The van der Waals surface area contributed by atoms with Gasteiger partial charge in [-0.2, -0.15) is 4.31 Å². The first kappa shape index (κ1) is 25.6. The lowest BCUT2D eigenvalue weighted by molar-refractivity contribution is -0.132. The van der Waals surface area contributed by atoms with E-state index in [2.05, 4.69) is 0 Å². The first-order valence-electron chi connectivity index (χ1n) is 11.9. The zero-order valence-electron chi connectivity index (χ0n) is 20.0. The fraction of sp³-hybridized carbons (Fsp3) is 0.370. The zero-order chi connectivity index (χ0) is 24.7. The van der Waals surface area contributed by atoms with Crippen molar-refractivity contribution in [3.8, 4) is 0 Å². The van der Waals surface area contributed by atoms with Crippen molar-refractivity contribution in [2.24, 2.45) is 0 Å². The van der Waals surface area contributed by atoms with Gasteiger partial charge in [0.2, 0.25) is 15.9 Å². The molecule has 1 saturated heterocycles. The van der Waals surface area contributed by atoms with Gasteiger partial charge in [-0.3, -0.25) is 4.79 Å². The Morgan fingerprint density at radius 3 is 2.26 bits per heavy atom. The Hall–Kier alpha value is -2.52. The highest BCUT2D eigenvalue weighted by Gasteiger charge is 2.31. The van der Waals surface area contributed by atoms with Gasteiger partial charge in [0.05, 0.1) is 24.9 Å². The normalized spacial score (nSPS) is 16.0. The summed E-state index contributed by atoms with van der Waals surface area (Å²) < 4.78 is 34.0. The predicted molar refractivity (Wildman–Crippen MR) is 139 cm³/mol. The number of thiophene rings is 1. The van der Waals surface area contributed by atoms with Crippen molar-refractivity contribution in [3.63, 3.8) is 0 Å². The largest absolute Gasteiger partial charge is 0.377 e. The molecule has 1 fully saturated rings. The van der Waals surface area contributed by atoms with Crippen LogP contribution in [-0.4, -0.2) is 49.3 Å². The number of ether oxygens (including phenoxy) is 1. The van der Waals surface area contributed by atoms with Crippen LogP contribution in [0.3, 0.4) is 0 Å². The molecule has 1 atom stereocenters. The summed E-state index contributed by atoms with van der Waals surface area (Å²) >= 11 is 1.65. The molecule has 0 bridgehead atoms. The lowest BCUT2D eigenvalue weighted by atomic mass is 10.2. The number of carbonyl (C=O) groups excluding carboxylic acids is 1. The third-order valence-corrected chi connectivity index (χ3v) is 8.79. The molecule has 0 spiro atoms. The number of hydrogen-bond donors (Lipinski definition) is 0. The summed E-state index contributed by atoms with van der Waals surface area (Å²) in [6.45, 7) is 3.52. The van der Waals surface area contributed by atoms with E-state index in [4.69, 9.17) is 4.74 Å². The molecule has 2 heterocycles. The Balaban J connectivity index is 1.55. The summed E-state index contributed by atoms with van der Waals surface area (Å²) in [5.41, 5.74) is 1.71. The fourth-order valence-electron chi connectivity index (χ4n) is 4.21. The van der Waals surface area contributed by atoms with Crippen molar-refractivity contribution in [1.82, 2.24) is 9.21 Å². The molecule has 4 rings (SSSR count). The number of amides is 1. The number of hydrogen-bond acceptors (Lipinski definition) is 5. The number of sulfonamides is 1. The van der Waals surface area contributed by atoms with E-state index < -0.39 is 10.0 Å². The number of nitrogens with zero attached hydrogens (tertiary/aromatic N) is 2. The quantitative estimate of drug-likeness (QED) is 0.377. The summed E-state index contributed by atoms with van der Waals surface area (Å²) in [6, 6.07) is 23.0. The van der Waals surface area contributed by atoms with Gasteiger partial charge in [0, 0.05) is 29.5 Å². The third kappa shape index (κ3) is 7.48. The zero-order valence-corrected chi connectivity index (χ0v) is 21.6. The van der Waals surface area contributed by atoms with Crippen LogP contribution >= 0.6 is 11.3 Å². The van der Waals surface area contributed by atoms with Crippen LogP contribution < -0.4 is 0 Å². The van der Waals surface area contributed by atoms with Crippen LogP contribution in [0.4, 0.5) is 0 Å². The maximum Gasteiger partial charge on any atom is 0.238 e. The Morgan fingerprint density at radius 2 is 1.66 bits per heavy atom. The van der Waals surface area contributed by atoms with Gasteiger partial charge in [-0.25, -0.2) is 8.42 Å². The smallest absolute Gasteiger partial charge is 0.238 e. The number of benzene rings is 2. The van der Waals surface area contributed by atoms with Gasteiger partial charge in [-0.15, -0.1) is 11.3 Å². The molecule has 0 saturated carbocycles. The van der Waals surface area contributed by atoms with E-state index >= 15 is 0 Å². The highest BCUT2D eigenvalue weighted by molar-refractivity contribution is 7.88. The summed E-state index contributed by atoms with van der Waals surface area (Å²) in [4.78, 5) is 17.6. The highest BCUT2D eigenvalue weighted by Crippen LogP contribution is 2.21.